The van der Waals surface area contributed by atoms with Gasteiger partial charge in [0.2, 0.25) is 0 Å². The molecule has 2 heteroatoms. The van der Waals surface area contributed by atoms with Crippen LogP contribution in [0.25, 0.3) is 0 Å². The van der Waals surface area contributed by atoms with Crippen LogP contribution in [0, 0.1) is 0 Å². The lowest BCUT2D eigenvalue weighted by Gasteiger charge is -1.99. The maximum atomic E-state index is 10.5. The van der Waals surface area contributed by atoms with Crippen molar-refractivity contribution in [2.75, 3.05) is 13.2 Å². The summed E-state index contributed by atoms with van der Waals surface area (Å²) in [5.74, 6) is 0.293. The molecule has 0 amide bonds. The van der Waals surface area contributed by atoms with Crippen molar-refractivity contribution in [3.8, 4) is 0 Å². The van der Waals surface area contributed by atoms with Crippen molar-refractivity contribution in [1.29, 1.82) is 0 Å². The molecule has 66 valence electrons. The fourth-order valence-electron chi connectivity index (χ4n) is 0.899. The Morgan fingerprint density at radius 1 is 1.27 bits per heavy atom. The summed E-state index contributed by atoms with van der Waals surface area (Å²) in [5.41, 5.74) is 0. The van der Waals surface area contributed by atoms with Crippen LogP contribution in [-0.4, -0.2) is 19.0 Å². The summed E-state index contributed by atoms with van der Waals surface area (Å²) in [5, 5.41) is 0. The third-order valence-corrected chi connectivity index (χ3v) is 1.52. The number of Topliss-reactive ketones (excluding diaryl/α,β-unsaturated/α-hetero) is 1. The van der Waals surface area contributed by atoms with Crippen LogP contribution >= 0.6 is 0 Å². The monoisotopic (exact) mass is 158 g/mol. The van der Waals surface area contributed by atoms with Crippen molar-refractivity contribution < 1.29 is 9.53 Å². The molecule has 0 aromatic rings. The number of rotatable bonds is 7. The van der Waals surface area contributed by atoms with Gasteiger partial charge in [0.25, 0.3) is 0 Å². The van der Waals surface area contributed by atoms with Crippen LogP contribution in [0.5, 0.6) is 0 Å². The summed E-state index contributed by atoms with van der Waals surface area (Å²) >= 11 is 0. The van der Waals surface area contributed by atoms with Crippen molar-refractivity contribution >= 4 is 5.78 Å². The zero-order valence-electron chi connectivity index (χ0n) is 7.56. The molecule has 0 aliphatic rings. The second-order valence-corrected chi connectivity index (χ2v) is 2.71. The first kappa shape index (κ1) is 10.6. The van der Waals surface area contributed by atoms with Gasteiger partial charge in [-0.1, -0.05) is 6.42 Å². The molecule has 2 nitrogen and oxygen atoms in total. The van der Waals surface area contributed by atoms with Gasteiger partial charge in [-0.15, -0.1) is 0 Å². The summed E-state index contributed by atoms with van der Waals surface area (Å²) in [6.45, 7) is 5.28. The molecular weight excluding hydrogens is 140 g/mol. The predicted molar refractivity (Wildman–Crippen MR) is 45.6 cm³/mol. The Morgan fingerprint density at radius 2 is 2.00 bits per heavy atom. The van der Waals surface area contributed by atoms with E-state index in [0.29, 0.717) is 5.78 Å². The van der Waals surface area contributed by atoms with Crippen LogP contribution in [0.15, 0.2) is 0 Å². The molecule has 0 heterocycles. The summed E-state index contributed by atoms with van der Waals surface area (Å²) in [6, 6.07) is 0. The first-order chi connectivity index (χ1) is 5.27. The Kier molecular flexibility index (Phi) is 7.47. The minimum atomic E-state index is 0.293. The van der Waals surface area contributed by atoms with Crippen LogP contribution in [-0.2, 0) is 9.53 Å². The summed E-state index contributed by atoms with van der Waals surface area (Å²) in [4.78, 5) is 10.5. The molecule has 0 saturated carbocycles. The van der Waals surface area contributed by atoms with Crippen molar-refractivity contribution in [1.82, 2.24) is 0 Å². The Bertz CT molecular complexity index is 99.7. The third kappa shape index (κ3) is 9.63. The van der Waals surface area contributed by atoms with Crippen LogP contribution in [0.2, 0.25) is 0 Å². The molecule has 0 unspecified atom stereocenters. The quantitative estimate of drug-likeness (QED) is 0.531. The van der Waals surface area contributed by atoms with E-state index in [2.05, 4.69) is 0 Å². The summed E-state index contributed by atoms with van der Waals surface area (Å²) < 4.78 is 5.16. The Morgan fingerprint density at radius 3 is 2.55 bits per heavy atom. The Hall–Kier alpha value is -0.370. The van der Waals surface area contributed by atoms with E-state index in [1.165, 1.54) is 0 Å². The largest absolute Gasteiger partial charge is 0.382 e. The van der Waals surface area contributed by atoms with Gasteiger partial charge < -0.3 is 9.53 Å². The molecule has 0 rings (SSSR count). The molecule has 0 spiro atoms. The molecular formula is C9H18O2. The maximum absolute atomic E-state index is 10.5. The van der Waals surface area contributed by atoms with Gasteiger partial charge in [0.05, 0.1) is 0 Å². The minimum Gasteiger partial charge on any atom is -0.382 e. The minimum absolute atomic E-state index is 0.293. The summed E-state index contributed by atoms with van der Waals surface area (Å²) in [6.07, 6.45) is 3.94. The fraction of sp³-hybridized carbons (Fsp3) is 0.889. The van der Waals surface area contributed by atoms with E-state index in [-0.39, 0.29) is 0 Å². The second kappa shape index (κ2) is 7.73. The van der Waals surface area contributed by atoms with E-state index >= 15 is 0 Å². The highest BCUT2D eigenvalue weighted by atomic mass is 16.5. The van der Waals surface area contributed by atoms with Crippen molar-refractivity contribution in [3.05, 3.63) is 0 Å². The highest BCUT2D eigenvalue weighted by molar-refractivity contribution is 5.75. The molecule has 0 bridgehead atoms. The Labute approximate surface area is 68.9 Å². The van der Waals surface area contributed by atoms with Gasteiger partial charge in [0.15, 0.2) is 0 Å². The predicted octanol–water partition coefficient (Wildman–Crippen LogP) is 2.17. The zero-order chi connectivity index (χ0) is 8.53. The molecule has 0 aliphatic carbocycles. The van der Waals surface area contributed by atoms with Crippen molar-refractivity contribution in [3.63, 3.8) is 0 Å². The first-order valence-corrected chi connectivity index (χ1v) is 4.34. The zero-order valence-corrected chi connectivity index (χ0v) is 7.56. The smallest absolute Gasteiger partial charge is 0.129 e. The van der Waals surface area contributed by atoms with E-state index in [4.69, 9.17) is 4.74 Å². The van der Waals surface area contributed by atoms with Gasteiger partial charge in [0.1, 0.15) is 5.78 Å². The molecule has 0 saturated heterocycles. The van der Waals surface area contributed by atoms with Gasteiger partial charge in [0, 0.05) is 19.6 Å². The number of hydrogen-bond donors (Lipinski definition) is 0. The van der Waals surface area contributed by atoms with Crippen LogP contribution in [0.1, 0.15) is 39.5 Å². The standard InChI is InChI=1S/C9H18O2/c1-3-11-8-6-4-5-7-9(2)10/h3-8H2,1-2H3. The number of carbonyl (C=O) groups excluding carboxylic acids is 1. The number of ether oxygens (including phenoxy) is 1. The third-order valence-electron chi connectivity index (χ3n) is 1.52. The molecule has 0 radical (unpaired) electrons. The number of hydrogen-bond acceptors (Lipinski definition) is 2. The Balaban J connectivity index is 2.85. The molecule has 11 heavy (non-hydrogen) atoms. The van der Waals surface area contributed by atoms with Gasteiger partial charge in [-0.3, -0.25) is 0 Å². The van der Waals surface area contributed by atoms with Gasteiger partial charge in [-0.05, 0) is 26.7 Å². The maximum Gasteiger partial charge on any atom is 0.129 e. The van der Waals surface area contributed by atoms with E-state index in [9.17, 15) is 4.79 Å². The average Bonchev–Trinajstić information content (AvgIpc) is 1.96. The van der Waals surface area contributed by atoms with Crippen molar-refractivity contribution in [2.45, 2.75) is 39.5 Å². The normalized spacial score (nSPS) is 10.0. The highest BCUT2D eigenvalue weighted by Crippen LogP contribution is 2.00. The molecule has 0 N–H and O–H groups in total. The van der Waals surface area contributed by atoms with Crippen LogP contribution < -0.4 is 0 Å². The summed E-state index contributed by atoms with van der Waals surface area (Å²) in [7, 11) is 0. The van der Waals surface area contributed by atoms with Crippen molar-refractivity contribution in [2.24, 2.45) is 0 Å². The average molecular weight is 158 g/mol. The van der Waals surface area contributed by atoms with Crippen LogP contribution in [0.3, 0.4) is 0 Å². The molecule has 0 aromatic heterocycles. The fourth-order valence-corrected chi connectivity index (χ4v) is 0.899. The lowest BCUT2D eigenvalue weighted by molar-refractivity contribution is -0.117. The second-order valence-electron chi connectivity index (χ2n) is 2.71. The number of ketones is 1. The van der Waals surface area contributed by atoms with E-state index in [1.807, 2.05) is 6.92 Å². The van der Waals surface area contributed by atoms with Gasteiger partial charge >= 0.3 is 0 Å². The molecule has 0 aliphatic heterocycles. The molecule has 0 fully saturated rings. The van der Waals surface area contributed by atoms with Gasteiger partial charge in [-0.2, -0.15) is 0 Å². The van der Waals surface area contributed by atoms with E-state index in [1.54, 1.807) is 6.92 Å². The number of carbonyl (C=O) groups is 1. The lowest BCUT2D eigenvalue weighted by atomic mass is 10.1. The van der Waals surface area contributed by atoms with Gasteiger partial charge in [-0.25, -0.2) is 0 Å². The molecule has 0 aromatic carbocycles. The van der Waals surface area contributed by atoms with E-state index in [0.717, 1.165) is 38.9 Å². The van der Waals surface area contributed by atoms with Crippen LogP contribution in [0.4, 0.5) is 0 Å². The first-order valence-electron chi connectivity index (χ1n) is 4.34. The topological polar surface area (TPSA) is 26.3 Å². The van der Waals surface area contributed by atoms with E-state index < -0.39 is 0 Å². The lowest BCUT2D eigenvalue weighted by Crippen LogP contribution is -1.94. The molecule has 0 atom stereocenters. The highest BCUT2D eigenvalue weighted by Gasteiger charge is 1.92. The SMILES string of the molecule is CCOCCCCCC(C)=O. The number of unbranched alkanes of at least 4 members (excludes halogenated alkanes) is 2.